The molecule has 0 aromatic rings. The highest BCUT2D eigenvalue weighted by atomic mass is 16.6. The molecule has 0 unspecified atom stereocenters. The van der Waals surface area contributed by atoms with Gasteiger partial charge in [-0.2, -0.15) is 0 Å². The van der Waals surface area contributed by atoms with Crippen molar-refractivity contribution in [1.29, 1.82) is 0 Å². The molecule has 2 aliphatic rings. The van der Waals surface area contributed by atoms with Crippen molar-refractivity contribution in [2.45, 2.75) is 89.6 Å². The van der Waals surface area contributed by atoms with Gasteiger partial charge in [0.1, 0.15) is 6.10 Å². The normalized spacial score (nSPS) is 40.5. The zero-order chi connectivity index (χ0) is 19.5. The highest BCUT2D eigenvalue weighted by Crippen LogP contribution is 2.44. The monoisotopic (exact) mass is 366 g/mol. The lowest BCUT2D eigenvalue weighted by atomic mass is 9.86. The van der Waals surface area contributed by atoms with E-state index in [2.05, 4.69) is 20.8 Å². The minimum absolute atomic E-state index is 0.153. The molecule has 148 valence electrons. The van der Waals surface area contributed by atoms with E-state index in [1.807, 2.05) is 12.2 Å². The fraction of sp³-hybridized carbons (Fsp3) is 0.762. The van der Waals surface area contributed by atoms with E-state index in [9.17, 15) is 15.0 Å². The number of epoxide rings is 1. The van der Waals surface area contributed by atoms with Crippen molar-refractivity contribution in [3.8, 4) is 0 Å². The van der Waals surface area contributed by atoms with Gasteiger partial charge in [0, 0.05) is 5.57 Å². The van der Waals surface area contributed by atoms with Crippen molar-refractivity contribution in [1.82, 2.24) is 0 Å². The van der Waals surface area contributed by atoms with Crippen molar-refractivity contribution in [2.24, 2.45) is 5.92 Å². The number of carbonyl (C=O) groups excluding carboxylic acids is 1. The summed E-state index contributed by atoms with van der Waals surface area (Å²) in [4.78, 5) is 12.0. The van der Waals surface area contributed by atoms with E-state index in [-0.39, 0.29) is 17.7 Å². The van der Waals surface area contributed by atoms with Crippen LogP contribution in [0.4, 0.5) is 0 Å². The highest BCUT2D eigenvalue weighted by molar-refractivity contribution is 5.88. The molecular formula is C21H34O5. The molecule has 0 aromatic carbocycles. The van der Waals surface area contributed by atoms with Crippen molar-refractivity contribution >= 4 is 5.97 Å². The fourth-order valence-corrected chi connectivity index (χ4v) is 3.61. The maximum atomic E-state index is 12.0. The summed E-state index contributed by atoms with van der Waals surface area (Å²) in [6.45, 7) is 7.96. The molecule has 1 fully saturated rings. The van der Waals surface area contributed by atoms with Gasteiger partial charge in [-0.1, -0.05) is 31.6 Å². The number of allylic oxidation sites excluding steroid dienone is 2. The van der Waals surface area contributed by atoms with E-state index >= 15 is 0 Å². The number of ether oxygens (including phenoxy) is 2. The second-order valence-corrected chi connectivity index (χ2v) is 8.42. The quantitative estimate of drug-likeness (QED) is 0.445. The molecule has 26 heavy (non-hydrogen) atoms. The third-order valence-corrected chi connectivity index (χ3v) is 5.86. The zero-order valence-corrected chi connectivity index (χ0v) is 16.7. The molecule has 0 spiro atoms. The number of aliphatic hydroxyl groups excluding tert-OH is 1. The molecule has 2 rings (SSSR count). The first-order valence-electron chi connectivity index (χ1n) is 9.65. The van der Waals surface area contributed by atoms with Crippen LogP contribution in [0.2, 0.25) is 0 Å². The predicted molar refractivity (Wildman–Crippen MR) is 101 cm³/mol. The van der Waals surface area contributed by atoms with Crippen LogP contribution >= 0.6 is 0 Å². The van der Waals surface area contributed by atoms with Crippen LogP contribution in [0, 0.1) is 5.92 Å². The minimum atomic E-state index is -1.25. The van der Waals surface area contributed by atoms with Crippen LogP contribution in [0.15, 0.2) is 23.3 Å². The van der Waals surface area contributed by atoms with Gasteiger partial charge in [-0.05, 0) is 58.3 Å². The second-order valence-electron chi connectivity index (χ2n) is 8.42. The summed E-state index contributed by atoms with van der Waals surface area (Å²) in [5.41, 5.74) is 0.347. The number of methoxy groups -OCH3 is 1. The molecule has 1 heterocycles. The Morgan fingerprint density at radius 1 is 1.31 bits per heavy atom. The molecular weight excluding hydrogens is 332 g/mol. The number of hydrogen-bond acceptors (Lipinski definition) is 5. The van der Waals surface area contributed by atoms with Crippen molar-refractivity contribution in [3.05, 3.63) is 23.3 Å². The summed E-state index contributed by atoms with van der Waals surface area (Å²) >= 11 is 0. The van der Waals surface area contributed by atoms with E-state index in [0.29, 0.717) is 30.8 Å². The van der Waals surface area contributed by atoms with E-state index in [0.717, 1.165) is 24.8 Å². The van der Waals surface area contributed by atoms with E-state index in [1.54, 1.807) is 6.92 Å². The Morgan fingerprint density at radius 2 is 2.00 bits per heavy atom. The van der Waals surface area contributed by atoms with E-state index < -0.39 is 11.7 Å². The van der Waals surface area contributed by atoms with Gasteiger partial charge in [-0.3, -0.25) is 0 Å². The molecule has 1 saturated heterocycles. The summed E-state index contributed by atoms with van der Waals surface area (Å²) in [6.07, 6.45) is 6.80. The lowest BCUT2D eigenvalue weighted by molar-refractivity contribution is -0.136. The maximum absolute atomic E-state index is 12.0. The van der Waals surface area contributed by atoms with Gasteiger partial charge in [0.25, 0.3) is 0 Å². The molecule has 1 aliphatic heterocycles. The van der Waals surface area contributed by atoms with Crippen LogP contribution in [0.5, 0.6) is 0 Å². The fourth-order valence-electron chi connectivity index (χ4n) is 3.61. The van der Waals surface area contributed by atoms with Crippen LogP contribution in [0.3, 0.4) is 0 Å². The molecule has 0 aromatic heterocycles. The first-order valence-corrected chi connectivity index (χ1v) is 9.65. The topological polar surface area (TPSA) is 79.3 Å². The van der Waals surface area contributed by atoms with Crippen LogP contribution in [0.1, 0.15) is 66.2 Å². The summed E-state index contributed by atoms with van der Waals surface area (Å²) in [5.74, 6) is -0.0263. The summed E-state index contributed by atoms with van der Waals surface area (Å²) in [5, 5.41) is 21.2. The number of fused-ring (bicyclic) bond motifs is 1. The van der Waals surface area contributed by atoms with Gasteiger partial charge in [-0.25, -0.2) is 4.79 Å². The largest absolute Gasteiger partial charge is 0.466 e. The number of esters is 1. The number of hydrogen-bond donors (Lipinski definition) is 2. The van der Waals surface area contributed by atoms with Crippen molar-refractivity contribution < 1.29 is 24.5 Å². The van der Waals surface area contributed by atoms with Gasteiger partial charge in [0.2, 0.25) is 0 Å². The Kier molecular flexibility index (Phi) is 6.70. The Balaban J connectivity index is 2.25. The molecule has 4 atom stereocenters. The van der Waals surface area contributed by atoms with Crippen molar-refractivity contribution in [3.63, 3.8) is 0 Å². The summed E-state index contributed by atoms with van der Waals surface area (Å²) in [6, 6.07) is 0. The van der Waals surface area contributed by atoms with E-state index in [4.69, 9.17) is 9.47 Å². The molecule has 0 amide bonds. The van der Waals surface area contributed by atoms with Gasteiger partial charge >= 0.3 is 5.97 Å². The third-order valence-electron chi connectivity index (χ3n) is 5.86. The van der Waals surface area contributed by atoms with Crippen LogP contribution in [-0.4, -0.2) is 46.7 Å². The number of rotatable bonds is 2. The molecule has 0 bridgehead atoms. The minimum Gasteiger partial charge on any atom is -0.466 e. The molecule has 5 heteroatoms. The molecule has 2 N–H and O–H groups in total. The number of carbonyl (C=O) groups is 1. The lowest BCUT2D eigenvalue weighted by Gasteiger charge is -2.28. The molecule has 0 saturated carbocycles. The third kappa shape index (κ3) is 5.18. The van der Waals surface area contributed by atoms with Gasteiger partial charge in [0.15, 0.2) is 0 Å². The first-order chi connectivity index (χ1) is 12.1. The molecule has 1 aliphatic carbocycles. The standard InChI is InChI=1S/C21H34O5/c1-14(2)16-10-12-21(4)18(26-21)9-8-15(19(23)25-5)7-6-11-20(3,24)17(22)13-16/h7,13-14,17-18,22,24H,6,8-12H2,1-5H3/b15-7-,16-13+/t17-,18+,20+,21+/m1/s1. The Hall–Kier alpha value is -1.17. The lowest BCUT2D eigenvalue weighted by Crippen LogP contribution is -2.38. The van der Waals surface area contributed by atoms with Crippen LogP contribution in [-0.2, 0) is 14.3 Å². The van der Waals surface area contributed by atoms with Crippen LogP contribution in [0.25, 0.3) is 0 Å². The van der Waals surface area contributed by atoms with E-state index in [1.165, 1.54) is 7.11 Å². The van der Waals surface area contributed by atoms with Gasteiger partial charge in [-0.15, -0.1) is 0 Å². The average Bonchev–Trinajstić information content (AvgIpc) is 3.22. The van der Waals surface area contributed by atoms with Crippen LogP contribution < -0.4 is 0 Å². The summed E-state index contributed by atoms with van der Waals surface area (Å²) < 4.78 is 10.8. The molecule has 0 radical (unpaired) electrons. The predicted octanol–water partition coefficient (Wildman–Crippen LogP) is 3.29. The smallest absolute Gasteiger partial charge is 0.333 e. The average molecular weight is 366 g/mol. The van der Waals surface area contributed by atoms with Crippen molar-refractivity contribution in [2.75, 3.05) is 7.11 Å². The zero-order valence-electron chi connectivity index (χ0n) is 16.7. The Bertz CT molecular complexity index is 575. The Morgan fingerprint density at radius 3 is 2.62 bits per heavy atom. The Labute approximate surface area is 157 Å². The first kappa shape index (κ1) is 21.1. The van der Waals surface area contributed by atoms with Gasteiger partial charge in [0.05, 0.1) is 24.4 Å². The van der Waals surface area contributed by atoms with Gasteiger partial charge < -0.3 is 19.7 Å². The summed E-state index contributed by atoms with van der Waals surface area (Å²) in [7, 11) is 1.38. The molecule has 5 nitrogen and oxygen atoms in total. The maximum Gasteiger partial charge on any atom is 0.333 e. The number of aliphatic hydroxyl groups is 2. The highest BCUT2D eigenvalue weighted by Gasteiger charge is 2.51. The SMILES string of the molecule is COC(=O)/C1=C\CC[C@](C)(O)[C@H](O)/C=C(/C(C)C)CC[C@]2(C)O[C@H]2CC1. The second kappa shape index (κ2) is 8.24.